The molecule has 0 aliphatic carbocycles. The number of amides is 1. The molecule has 0 saturated carbocycles. The second kappa shape index (κ2) is 5.46. The van der Waals surface area contributed by atoms with E-state index in [-0.39, 0.29) is 5.91 Å². The monoisotopic (exact) mass is 249 g/mol. The lowest BCUT2D eigenvalue weighted by Crippen LogP contribution is -2.54. The number of pyridine rings is 1. The van der Waals surface area contributed by atoms with Gasteiger partial charge in [0, 0.05) is 25.2 Å². The van der Waals surface area contributed by atoms with E-state index in [9.17, 15) is 4.79 Å². The van der Waals surface area contributed by atoms with E-state index in [1.54, 1.807) is 19.5 Å². The van der Waals surface area contributed by atoms with Gasteiger partial charge in [0.15, 0.2) is 0 Å². The van der Waals surface area contributed by atoms with Crippen LogP contribution in [0.2, 0.25) is 0 Å². The van der Waals surface area contributed by atoms with Crippen molar-refractivity contribution >= 4 is 11.6 Å². The molecule has 1 atom stereocenters. The van der Waals surface area contributed by atoms with E-state index in [2.05, 4.69) is 15.6 Å². The summed E-state index contributed by atoms with van der Waals surface area (Å²) in [5.41, 5.74) is 1.17. The van der Waals surface area contributed by atoms with E-state index in [0.29, 0.717) is 6.61 Å². The van der Waals surface area contributed by atoms with Gasteiger partial charge in [-0.15, -0.1) is 0 Å². The zero-order valence-electron chi connectivity index (χ0n) is 10.8. The number of aryl methyl sites for hydroxylation is 1. The third-order valence-corrected chi connectivity index (χ3v) is 3.34. The molecule has 18 heavy (non-hydrogen) atoms. The number of rotatable bonds is 4. The fourth-order valence-corrected chi connectivity index (χ4v) is 2.29. The van der Waals surface area contributed by atoms with Gasteiger partial charge in [0.2, 0.25) is 5.91 Å². The van der Waals surface area contributed by atoms with Gasteiger partial charge in [-0.3, -0.25) is 9.78 Å². The molecule has 1 aromatic heterocycles. The summed E-state index contributed by atoms with van der Waals surface area (Å²) in [6.07, 6.45) is 5.21. The van der Waals surface area contributed by atoms with Crippen molar-refractivity contribution in [2.75, 3.05) is 25.6 Å². The first-order valence-corrected chi connectivity index (χ1v) is 6.14. The Morgan fingerprint density at radius 3 is 3.11 bits per heavy atom. The molecule has 1 amide bonds. The smallest absolute Gasteiger partial charge is 0.247 e. The normalized spacial score (nSPS) is 23.0. The molecule has 1 unspecified atom stereocenters. The van der Waals surface area contributed by atoms with E-state index < -0.39 is 5.54 Å². The number of anilines is 1. The molecule has 5 nitrogen and oxygen atoms in total. The lowest BCUT2D eigenvalue weighted by molar-refractivity contribution is -0.123. The number of aromatic nitrogens is 1. The highest BCUT2D eigenvalue weighted by atomic mass is 16.5. The van der Waals surface area contributed by atoms with Gasteiger partial charge in [-0.2, -0.15) is 0 Å². The number of carbonyl (C=O) groups excluding carboxylic acids is 1. The maximum Gasteiger partial charge on any atom is 0.247 e. The van der Waals surface area contributed by atoms with Gasteiger partial charge < -0.3 is 15.4 Å². The van der Waals surface area contributed by atoms with Crippen LogP contribution in [0.25, 0.3) is 0 Å². The van der Waals surface area contributed by atoms with Crippen LogP contribution in [0.15, 0.2) is 18.5 Å². The highest BCUT2D eigenvalue weighted by Crippen LogP contribution is 2.23. The second-order valence-corrected chi connectivity index (χ2v) is 4.69. The Labute approximate surface area is 107 Å². The Hall–Kier alpha value is -1.46. The molecule has 2 heterocycles. The molecular formula is C13H19N3O2. The molecule has 1 fully saturated rings. The topological polar surface area (TPSA) is 63.2 Å². The molecule has 0 aromatic carbocycles. The Balaban J connectivity index is 2.13. The zero-order valence-corrected chi connectivity index (χ0v) is 10.8. The molecule has 1 saturated heterocycles. The van der Waals surface area contributed by atoms with E-state index in [1.165, 1.54) is 0 Å². The van der Waals surface area contributed by atoms with Crippen LogP contribution in [0.5, 0.6) is 0 Å². The van der Waals surface area contributed by atoms with Crippen LogP contribution < -0.4 is 10.6 Å². The number of ether oxygens (including phenoxy) is 1. The molecule has 0 spiro atoms. The lowest BCUT2D eigenvalue weighted by atomic mass is 9.97. The molecular weight excluding hydrogens is 230 g/mol. The van der Waals surface area contributed by atoms with Crippen molar-refractivity contribution in [3.63, 3.8) is 0 Å². The zero-order chi connectivity index (χ0) is 13.0. The number of hydrogen-bond donors (Lipinski definition) is 2. The van der Waals surface area contributed by atoms with E-state index in [4.69, 9.17) is 4.74 Å². The maximum absolute atomic E-state index is 12.4. The lowest BCUT2D eigenvalue weighted by Gasteiger charge is -2.27. The van der Waals surface area contributed by atoms with Gasteiger partial charge in [-0.25, -0.2) is 0 Å². The van der Waals surface area contributed by atoms with E-state index in [0.717, 1.165) is 30.6 Å². The van der Waals surface area contributed by atoms with Crippen molar-refractivity contribution in [3.05, 3.63) is 24.0 Å². The summed E-state index contributed by atoms with van der Waals surface area (Å²) in [6, 6.07) is 1.81. The Kier molecular flexibility index (Phi) is 3.93. The minimum absolute atomic E-state index is 0.0313. The fourth-order valence-electron chi connectivity index (χ4n) is 2.29. The van der Waals surface area contributed by atoms with Crippen molar-refractivity contribution in [1.82, 2.24) is 10.3 Å². The van der Waals surface area contributed by atoms with Crippen LogP contribution in [0.4, 0.5) is 5.69 Å². The minimum Gasteiger partial charge on any atom is -0.382 e. The number of methoxy groups -OCH3 is 1. The van der Waals surface area contributed by atoms with Crippen molar-refractivity contribution < 1.29 is 9.53 Å². The molecule has 1 aliphatic rings. The summed E-state index contributed by atoms with van der Waals surface area (Å²) < 4.78 is 5.18. The fraction of sp³-hybridized carbons (Fsp3) is 0.538. The molecule has 2 N–H and O–H groups in total. The first-order chi connectivity index (χ1) is 8.68. The van der Waals surface area contributed by atoms with Crippen LogP contribution in [0.3, 0.4) is 0 Å². The van der Waals surface area contributed by atoms with Crippen molar-refractivity contribution in [3.8, 4) is 0 Å². The summed E-state index contributed by atoms with van der Waals surface area (Å²) in [4.78, 5) is 16.4. The minimum atomic E-state index is -0.593. The second-order valence-electron chi connectivity index (χ2n) is 4.69. The molecule has 2 rings (SSSR count). The molecule has 0 bridgehead atoms. The van der Waals surface area contributed by atoms with E-state index >= 15 is 0 Å². The third-order valence-electron chi connectivity index (χ3n) is 3.34. The van der Waals surface area contributed by atoms with Gasteiger partial charge in [-0.1, -0.05) is 0 Å². The highest BCUT2D eigenvalue weighted by Gasteiger charge is 2.41. The van der Waals surface area contributed by atoms with Gasteiger partial charge in [0.25, 0.3) is 0 Å². The average Bonchev–Trinajstić information content (AvgIpc) is 2.82. The van der Waals surface area contributed by atoms with Crippen LogP contribution in [-0.2, 0) is 9.53 Å². The summed E-state index contributed by atoms with van der Waals surface area (Å²) in [5, 5.41) is 6.21. The van der Waals surface area contributed by atoms with Gasteiger partial charge in [-0.05, 0) is 37.9 Å². The van der Waals surface area contributed by atoms with Gasteiger partial charge >= 0.3 is 0 Å². The summed E-state index contributed by atoms with van der Waals surface area (Å²) >= 11 is 0. The predicted molar refractivity (Wildman–Crippen MR) is 69.4 cm³/mol. The number of nitrogens with one attached hydrogen (secondary N) is 2. The standard InChI is InChI=1S/C13H19N3O2/c1-10-8-14-7-4-11(10)16-12(17)13(9-18-2)5-3-6-15-13/h4,7-8,15H,3,5-6,9H2,1-2H3,(H,14,16,17). The summed E-state index contributed by atoms with van der Waals surface area (Å²) in [6.45, 7) is 3.17. The van der Waals surface area contributed by atoms with Crippen LogP contribution in [-0.4, -0.2) is 36.7 Å². The highest BCUT2D eigenvalue weighted by molar-refractivity contribution is 5.99. The van der Waals surface area contributed by atoms with Crippen molar-refractivity contribution in [2.24, 2.45) is 0 Å². The van der Waals surface area contributed by atoms with Crippen LogP contribution in [0, 0.1) is 6.92 Å². The van der Waals surface area contributed by atoms with Crippen LogP contribution >= 0.6 is 0 Å². The molecule has 1 aliphatic heterocycles. The Bertz CT molecular complexity index is 428. The van der Waals surface area contributed by atoms with Gasteiger partial charge in [0.05, 0.1) is 6.61 Å². The first-order valence-electron chi connectivity index (χ1n) is 6.14. The molecule has 1 aromatic rings. The Morgan fingerprint density at radius 2 is 2.50 bits per heavy atom. The number of hydrogen-bond acceptors (Lipinski definition) is 4. The van der Waals surface area contributed by atoms with Crippen LogP contribution in [0.1, 0.15) is 18.4 Å². The van der Waals surface area contributed by atoms with Crippen molar-refractivity contribution in [1.29, 1.82) is 0 Å². The van der Waals surface area contributed by atoms with E-state index in [1.807, 2.05) is 13.0 Å². The predicted octanol–water partition coefficient (Wildman–Crippen LogP) is 1.10. The number of nitrogens with zero attached hydrogens (tertiary/aromatic N) is 1. The SMILES string of the molecule is COCC1(C(=O)Nc2ccncc2C)CCCN1. The third kappa shape index (κ3) is 2.52. The van der Waals surface area contributed by atoms with Gasteiger partial charge in [0.1, 0.15) is 5.54 Å². The molecule has 98 valence electrons. The largest absolute Gasteiger partial charge is 0.382 e. The molecule has 0 radical (unpaired) electrons. The van der Waals surface area contributed by atoms with Crippen molar-refractivity contribution in [2.45, 2.75) is 25.3 Å². The quantitative estimate of drug-likeness (QED) is 0.838. The maximum atomic E-state index is 12.4. The summed E-state index contributed by atoms with van der Waals surface area (Å²) in [7, 11) is 1.62. The number of carbonyl (C=O) groups is 1. The average molecular weight is 249 g/mol. The molecule has 5 heteroatoms. The summed E-state index contributed by atoms with van der Waals surface area (Å²) in [5.74, 6) is -0.0313. The Morgan fingerprint density at radius 1 is 1.67 bits per heavy atom. The first kappa shape index (κ1) is 13.0.